The van der Waals surface area contributed by atoms with Gasteiger partial charge in [0.2, 0.25) is 5.13 Å². The Balaban J connectivity index is 1.66. The Hall–Kier alpha value is -2.84. The molecule has 0 aliphatic heterocycles. The van der Waals surface area contributed by atoms with Crippen molar-refractivity contribution in [1.29, 1.82) is 0 Å². The summed E-state index contributed by atoms with van der Waals surface area (Å²) in [6.45, 7) is 4.27. The zero-order valence-electron chi connectivity index (χ0n) is 17.6. The van der Waals surface area contributed by atoms with Gasteiger partial charge >= 0.3 is 0 Å². The predicted molar refractivity (Wildman–Crippen MR) is 122 cm³/mol. The molecule has 0 unspecified atom stereocenters. The van der Waals surface area contributed by atoms with E-state index >= 15 is 0 Å². The molecule has 3 aromatic rings. The number of hydrogen-bond donors (Lipinski definition) is 0. The van der Waals surface area contributed by atoms with Crippen LogP contribution < -0.4 is 9.64 Å². The van der Waals surface area contributed by atoms with Crippen molar-refractivity contribution in [2.45, 2.75) is 26.7 Å². The van der Waals surface area contributed by atoms with Crippen LogP contribution in [0.15, 0.2) is 30.3 Å². The highest BCUT2D eigenvalue weighted by atomic mass is 35.5. The van der Waals surface area contributed by atoms with Gasteiger partial charge in [0, 0.05) is 12.1 Å². The number of rotatable bonds is 8. The molecule has 1 aromatic heterocycles. The Morgan fingerprint density at radius 3 is 2.66 bits per heavy atom. The summed E-state index contributed by atoms with van der Waals surface area (Å²) in [5.41, 5.74) is 2.68. The number of carbonyl (C=O) groups is 2. The second kappa shape index (κ2) is 9.34. The number of anilines is 1. The summed E-state index contributed by atoms with van der Waals surface area (Å²) < 4.78 is 19.4. The maximum absolute atomic E-state index is 13.9. The zero-order valence-corrected chi connectivity index (χ0v) is 19.2. The summed E-state index contributed by atoms with van der Waals surface area (Å²) in [4.78, 5) is 25.4. The second-order valence-corrected chi connectivity index (χ2v) is 9.10. The van der Waals surface area contributed by atoms with Crippen molar-refractivity contribution in [1.82, 2.24) is 10.2 Å². The lowest BCUT2D eigenvalue weighted by molar-refractivity contribution is -0.109. The van der Waals surface area contributed by atoms with E-state index in [0.29, 0.717) is 34.6 Å². The fourth-order valence-corrected chi connectivity index (χ4v) is 4.53. The summed E-state index contributed by atoms with van der Waals surface area (Å²) in [5, 5.41) is 9.45. The SMILES string of the molecule is Cc1cc(-c2nnc(N(CC3CC3)C(=O)c3cccc(F)c3Cl)s2)cc(C)c1OCC=O. The van der Waals surface area contributed by atoms with Crippen LogP contribution >= 0.6 is 22.9 Å². The monoisotopic (exact) mass is 473 g/mol. The molecule has 1 fully saturated rings. The van der Waals surface area contributed by atoms with Gasteiger partial charge in [0.05, 0.1) is 10.6 Å². The number of aldehydes is 1. The second-order valence-electron chi connectivity index (χ2n) is 7.77. The van der Waals surface area contributed by atoms with E-state index in [1.807, 2.05) is 26.0 Å². The Kier molecular flexibility index (Phi) is 6.53. The summed E-state index contributed by atoms with van der Waals surface area (Å²) in [6.07, 6.45) is 2.78. The first-order valence-electron chi connectivity index (χ1n) is 10.2. The molecule has 6 nitrogen and oxygen atoms in total. The van der Waals surface area contributed by atoms with Crippen molar-refractivity contribution < 1.29 is 18.7 Å². The Morgan fingerprint density at radius 1 is 1.28 bits per heavy atom. The van der Waals surface area contributed by atoms with Crippen LogP contribution in [-0.2, 0) is 4.79 Å². The largest absolute Gasteiger partial charge is 0.486 e. The van der Waals surface area contributed by atoms with Crippen LogP contribution in [0, 0.1) is 25.6 Å². The third-order valence-electron chi connectivity index (χ3n) is 5.21. The molecule has 166 valence electrons. The van der Waals surface area contributed by atoms with Gasteiger partial charge < -0.3 is 4.74 Å². The lowest BCUT2D eigenvalue weighted by atomic mass is 10.1. The highest BCUT2D eigenvalue weighted by molar-refractivity contribution is 7.18. The molecule has 1 aliphatic rings. The fraction of sp³-hybridized carbons (Fsp3) is 0.304. The third-order valence-corrected chi connectivity index (χ3v) is 6.59. The predicted octanol–water partition coefficient (Wildman–Crippen LogP) is 5.25. The number of halogens is 2. The minimum atomic E-state index is -0.635. The first-order valence-corrected chi connectivity index (χ1v) is 11.4. The number of ether oxygens (including phenoxy) is 1. The van der Waals surface area contributed by atoms with Gasteiger partial charge in [-0.05, 0) is 68.0 Å². The molecule has 1 amide bonds. The lowest BCUT2D eigenvalue weighted by Crippen LogP contribution is -2.33. The van der Waals surface area contributed by atoms with Gasteiger partial charge in [-0.2, -0.15) is 0 Å². The molecule has 1 saturated carbocycles. The molecule has 0 bridgehead atoms. The van der Waals surface area contributed by atoms with Gasteiger partial charge in [-0.3, -0.25) is 14.5 Å². The Morgan fingerprint density at radius 2 is 2.00 bits per heavy atom. The quantitative estimate of drug-likeness (QED) is 0.418. The highest BCUT2D eigenvalue weighted by Gasteiger charge is 2.31. The van der Waals surface area contributed by atoms with Gasteiger partial charge in [0.15, 0.2) is 6.29 Å². The molecule has 0 radical (unpaired) electrons. The van der Waals surface area contributed by atoms with Crippen LogP contribution in [0.4, 0.5) is 9.52 Å². The minimum Gasteiger partial charge on any atom is -0.486 e. The number of amides is 1. The van der Waals surface area contributed by atoms with E-state index in [2.05, 4.69) is 10.2 Å². The van der Waals surface area contributed by atoms with Crippen molar-refractivity contribution in [3.63, 3.8) is 0 Å². The van der Waals surface area contributed by atoms with Gasteiger partial charge in [0.1, 0.15) is 23.2 Å². The molecule has 2 aromatic carbocycles. The topological polar surface area (TPSA) is 72.4 Å². The molecule has 0 saturated heterocycles. The van der Waals surface area contributed by atoms with Crippen molar-refractivity contribution in [2.75, 3.05) is 18.1 Å². The number of aryl methyl sites for hydroxylation is 2. The standard InChI is InChI=1S/C23H21ClFN3O3S/c1-13-10-16(11-14(2)20(13)31-9-8-29)21-26-27-23(32-21)28(12-15-6-7-15)22(30)17-4-3-5-18(25)19(17)24/h3-5,8,10-11,15H,6-7,9,12H2,1-2H3. The molecular weight excluding hydrogens is 453 g/mol. The first-order chi connectivity index (χ1) is 15.4. The Bertz CT molecular complexity index is 1160. The number of aromatic nitrogens is 2. The van der Waals surface area contributed by atoms with Gasteiger partial charge in [-0.1, -0.05) is 29.0 Å². The molecule has 0 spiro atoms. The van der Waals surface area contributed by atoms with Gasteiger partial charge in [-0.25, -0.2) is 4.39 Å². The van der Waals surface area contributed by atoms with E-state index < -0.39 is 11.7 Å². The average Bonchev–Trinajstić information content (AvgIpc) is 3.46. The molecular formula is C23H21ClFN3O3S. The van der Waals surface area contributed by atoms with E-state index in [4.69, 9.17) is 16.3 Å². The number of carbonyl (C=O) groups excluding carboxylic acids is 2. The van der Waals surface area contributed by atoms with Crippen molar-refractivity contribution >= 4 is 40.3 Å². The summed E-state index contributed by atoms with van der Waals surface area (Å²) in [6, 6.07) is 8.03. The van der Waals surface area contributed by atoms with Crippen LogP contribution in [0.25, 0.3) is 10.6 Å². The lowest BCUT2D eigenvalue weighted by Gasteiger charge is -2.20. The minimum absolute atomic E-state index is 0.00907. The normalized spacial score (nSPS) is 13.1. The average molecular weight is 474 g/mol. The summed E-state index contributed by atoms with van der Waals surface area (Å²) in [7, 11) is 0. The van der Waals surface area contributed by atoms with E-state index in [9.17, 15) is 14.0 Å². The van der Waals surface area contributed by atoms with Crippen molar-refractivity contribution in [3.8, 4) is 16.3 Å². The van der Waals surface area contributed by atoms with E-state index in [1.165, 1.54) is 29.5 Å². The van der Waals surface area contributed by atoms with Gasteiger partial charge in [0.25, 0.3) is 5.91 Å². The molecule has 32 heavy (non-hydrogen) atoms. The highest BCUT2D eigenvalue weighted by Crippen LogP contribution is 2.37. The van der Waals surface area contributed by atoms with Gasteiger partial charge in [-0.15, -0.1) is 10.2 Å². The number of benzene rings is 2. The summed E-state index contributed by atoms with van der Waals surface area (Å²) >= 11 is 7.36. The van der Waals surface area contributed by atoms with E-state index in [1.54, 1.807) is 4.90 Å². The van der Waals surface area contributed by atoms with Crippen LogP contribution in [0.2, 0.25) is 5.02 Å². The molecule has 1 heterocycles. The van der Waals surface area contributed by atoms with Crippen LogP contribution in [0.1, 0.15) is 34.3 Å². The zero-order chi connectivity index (χ0) is 22.8. The number of hydrogen-bond acceptors (Lipinski definition) is 6. The maximum atomic E-state index is 13.9. The fourth-order valence-electron chi connectivity index (χ4n) is 3.48. The maximum Gasteiger partial charge on any atom is 0.261 e. The molecule has 0 atom stereocenters. The third kappa shape index (κ3) is 4.66. The van der Waals surface area contributed by atoms with Crippen LogP contribution in [-0.4, -0.2) is 35.5 Å². The first kappa shape index (κ1) is 22.4. The van der Waals surface area contributed by atoms with E-state index in [0.717, 1.165) is 29.5 Å². The van der Waals surface area contributed by atoms with Crippen LogP contribution in [0.5, 0.6) is 5.75 Å². The van der Waals surface area contributed by atoms with Crippen molar-refractivity contribution in [2.24, 2.45) is 5.92 Å². The molecule has 9 heteroatoms. The van der Waals surface area contributed by atoms with Crippen LogP contribution in [0.3, 0.4) is 0 Å². The summed E-state index contributed by atoms with van der Waals surface area (Å²) in [5.74, 6) is 0.0213. The Labute approximate surface area is 194 Å². The van der Waals surface area contributed by atoms with E-state index in [-0.39, 0.29) is 17.2 Å². The smallest absolute Gasteiger partial charge is 0.261 e. The molecule has 4 rings (SSSR count). The number of nitrogens with zero attached hydrogens (tertiary/aromatic N) is 3. The molecule has 0 N–H and O–H groups in total. The van der Waals surface area contributed by atoms with Crippen molar-refractivity contribution in [3.05, 3.63) is 57.9 Å². The molecule has 1 aliphatic carbocycles.